The van der Waals surface area contributed by atoms with E-state index in [4.69, 9.17) is 0 Å². The van der Waals surface area contributed by atoms with Crippen molar-refractivity contribution >= 4 is 39.9 Å². The smallest absolute Gasteiger partial charge is 0.296 e. The number of carbonyl (C=O) groups excluding carboxylic acids is 1. The van der Waals surface area contributed by atoms with Crippen molar-refractivity contribution in [3.05, 3.63) is 61.7 Å². The Labute approximate surface area is 127 Å². The average Bonchev–Trinajstić information content (AvgIpc) is 2.40. The van der Waals surface area contributed by atoms with Crippen LogP contribution in [-0.2, 0) is 0 Å². The molecular formula is C13H9IN2O4. The summed E-state index contributed by atoms with van der Waals surface area (Å²) in [5, 5.41) is 22.9. The van der Waals surface area contributed by atoms with Gasteiger partial charge < -0.3 is 10.4 Å². The zero-order valence-corrected chi connectivity index (χ0v) is 12.2. The number of phenolic OH excluding ortho intramolecular Hbond substituents is 1. The number of amides is 1. The van der Waals surface area contributed by atoms with Crippen LogP contribution in [0.1, 0.15) is 10.4 Å². The summed E-state index contributed by atoms with van der Waals surface area (Å²) < 4.78 is 0.863. The number of nitrogens with zero attached hydrogens (tertiary/aromatic N) is 1. The number of carbonyl (C=O) groups is 1. The first kappa shape index (κ1) is 14.3. The van der Waals surface area contributed by atoms with Crippen molar-refractivity contribution in [3.8, 4) is 5.75 Å². The fourth-order valence-corrected chi connectivity index (χ4v) is 2.17. The second-order valence-corrected chi connectivity index (χ2v) is 5.14. The van der Waals surface area contributed by atoms with Gasteiger partial charge in [0.15, 0.2) is 5.69 Å². The van der Waals surface area contributed by atoms with E-state index >= 15 is 0 Å². The van der Waals surface area contributed by atoms with E-state index in [-0.39, 0.29) is 17.1 Å². The van der Waals surface area contributed by atoms with Gasteiger partial charge in [-0.3, -0.25) is 14.9 Å². The molecule has 2 N–H and O–H groups in total. The summed E-state index contributed by atoms with van der Waals surface area (Å²) in [6, 6.07) is 10.6. The molecule has 0 spiro atoms. The van der Waals surface area contributed by atoms with Gasteiger partial charge in [-0.15, -0.1) is 0 Å². The van der Waals surface area contributed by atoms with E-state index < -0.39 is 10.8 Å². The molecule has 2 aromatic carbocycles. The zero-order chi connectivity index (χ0) is 14.7. The Kier molecular flexibility index (Phi) is 4.18. The van der Waals surface area contributed by atoms with Crippen molar-refractivity contribution in [2.75, 3.05) is 5.32 Å². The lowest BCUT2D eigenvalue weighted by Crippen LogP contribution is -2.13. The van der Waals surface area contributed by atoms with Gasteiger partial charge in [-0.25, -0.2) is 0 Å². The van der Waals surface area contributed by atoms with Crippen LogP contribution in [0.4, 0.5) is 11.4 Å². The molecule has 102 valence electrons. The van der Waals surface area contributed by atoms with Crippen LogP contribution in [-0.4, -0.2) is 15.9 Å². The zero-order valence-electron chi connectivity index (χ0n) is 10.0. The highest BCUT2D eigenvalue weighted by Gasteiger charge is 2.20. The second kappa shape index (κ2) is 5.87. The molecule has 0 fully saturated rings. The fraction of sp³-hybridized carbons (Fsp3) is 0. The van der Waals surface area contributed by atoms with Gasteiger partial charge in [0.25, 0.3) is 11.6 Å². The number of nitrogens with one attached hydrogen (secondary N) is 1. The molecule has 0 aliphatic heterocycles. The van der Waals surface area contributed by atoms with Gasteiger partial charge in [-0.1, -0.05) is 12.1 Å². The number of anilines is 1. The topological polar surface area (TPSA) is 92.5 Å². The molecule has 0 aromatic heterocycles. The van der Waals surface area contributed by atoms with E-state index in [1.165, 1.54) is 18.2 Å². The number of benzene rings is 2. The number of para-hydroxylation sites is 1. The lowest BCUT2D eigenvalue weighted by atomic mass is 10.2. The molecule has 0 atom stereocenters. The minimum atomic E-state index is -0.663. The molecule has 0 heterocycles. The highest BCUT2D eigenvalue weighted by molar-refractivity contribution is 14.1. The van der Waals surface area contributed by atoms with Crippen LogP contribution in [0.3, 0.4) is 0 Å². The Morgan fingerprint density at radius 3 is 2.60 bits per heavy atom. The summed E-state index contributed by atoms with van der Waals surface area (Å²) in [7, 11) is 0. The largest absolute Gasteiger partial charge is 0.505 e. The van der Waals surface area contributed by atoms with E-state index in [1.807, 2.05) is 6.07 Å². The van der Waals surface area contributed by atoms with Crippen molar-refractivity contribution in [1.82, 2.24) is 0 Å². The second-order valence-electron chi connectivity index (χ2n) is 3.89. The summed E-state index contributed by atoms with van der Waals surface area (Å²) in [5.74, 6) is -0.869. The van der Waals surface area contributed by atoms with Gasteiger partial charge in [-0.05, 0) is 46.9 Å². The van der Waals surface area contributed by atoms with Gasteiger partial charge in [0.2, 0.25) is 0 Å². The number of phenols is 1. The number of nitro groups is 1. The molecule has 0 aliphatic carbocycles. The summed E-state index contributed by atoms with van der Waals surface area (Å²) in [4.78, 5) is 22.3. The van der Waals surface area contributed by atoms with Crippen molar-refractivity contribution in [2.45, 2.75) is 0 Å². The summed E-state index contributed by atoms with van der Waals surface area (Å²) in [6.45, 7) is 0. The van der Waals surface area contributed by atoms with Crippen molar-refractivity contribution in [2.24, 2.45) is 0 Å². The monoisotopic (exact) mass is 384 g/mol. The Balaban J connectivity index is 2.35. The van der Waals surface area contributed by atoms with Crippen LogP contribution in [0.5, 0.6) is 5.75 Å². The van der Waals surface area contributed by atoms with Gasteiger partial charge >= 0.3 is 0 Å². The maximum atomic E-state index is 12.0. The molecule has 7 heteroatoms. The van der Waals surface area contributed by atoms with Crippen molar-refractivity contribution in [3.63, 3.8) is 0 Å². The predicted octanol–water partition coefficient (Wildman–Crippen LogP) is 3.16. The highest BCUT2D eigenvalue weighted by atomic mass is 127. The highest BCUT2D eigenvalue weighted by Crippen LogP contribution is 2.33. The van der Waals surface area contributed by atoms with Crippen LogP contribution < -0.4 is 5.32 Å². The van der Waals surface area contributed by atoms with Gasteiger partial charge in [-0.2, -0.15) is 0 Å². The van der Waals surface area contributed by atoms with Crippen LogP contribution >= 0.6 is 22.6 Å². The molecule has 2 aromatic rings. The summed E-state index contributed by atoms with van der Waals surface area (Å²) >= 11 is 2.06. The molecule has 0 radical (unpaired) electrons. The number of rotatable bonds is 3. The van der Waals surface area contributed by atoms with Crippen LogP contribution in [0, 0.1) is 13.7 Å². The van der Waals surface area contributed by atoms with Crippen molar-refractivity contribution < 1.29 is 14.8 Å². The Hall–Kier alpha value is -2.16. The number of hydrogen-bond donors (Lipinski definition) is 2. The average molecular weight is 384 g/mol. The third-order valence-corrected chi connectivity index (χ3v) is 3.21. The maximum Gasteiger partial charge on any atom is 0.296 e. The summed E-state index contributed by atoms with van der Waals surface area (Å²) in [5.41, 5.74) is -0.209. The third-order valence-electron chi connectivity index (χ3n) is 2.54. The van der Waals surface area contributed by atoms with E-state index in [0.717, 1.165) is 3.57 Å². The molecule has 0 saturated heterocycles. The first-order valence-electron chi connectivity index (χ1n) is 5.52. The van der Waals surface area contributed by atoms with E-state index in [9.17, 15) is 20.0 Å². The Bertz CT molecular complexity index is 688. The SMILES string of the molecule is O=C(Nc1c(O)cccc1[N+](=O)[O-])c1cccc(I)c1. The molecule has 6 nitrogen and oxygen atoms in total. The molecule has 0 aliphatic rings. The minimum Gasteiger partial charge on any atom is -0.505 e. The van der Waals surface area contributed by atoms with Gasteiger partial charge in [0.1, 0.15) is 5.75 Å². The van der Waals surface area contributed by atoms with E-state index in [0.29, 0.717) is 5.56 Å². The molecule has 0 unspecified atom stereocenters. The predicted molar refractivity (Wildman–Crippen MR) is 81.9 cm³/mol. The Morgan fingerprint density at radius 2 is 1.95 bits per heavy atom. The number of hydrogen-bond acceptors (Lipinski definition) is 4. The molecule has 20 heavy (non-hydrogen) atoms. The number of halogens is 1. The molecule has 0 saturated carbocycles. The standard InChI is InChI=1S/C13H9IN2O4/c14-9-4-1-3-8(7-9)13(18)15-12-10(16(19)20)5-2-6-11(12)17/h1-7,17H,(H,15,18). The molecule has 0 bridgehead atoms. The van der Waals surface area contributed by atoms with E-state index in [2.05, 4.69) is 27.9 Å². The Morgan fingerprint density at radius 1 is 1.25 bits per heavy atom. The minimum absolute atomic E-state index is 0.207. The van der Waals surface area contributed by atoms with Crippen LogP contribution in [0.15, 0.2) is 42.5 Å². The third kappa shape index (κ3) is 3.05. The molecule has 2 rings (SSSR count). The van der Waals surface area contributed by atoms with Gasteiger partial charge in [0.05, 0.1) is 4.92 Å². The number of aromatic hydroxyl groups is 1. The first-order valence-corrected chi connectivity index (χ1v) is 6.60. The fourth-order valence-electron chi connectivity index (χ4n) is 1.62. The maximum absolute atomic E-state index is 12.0. The molecule has 1 amide bonds. The lowest BCUT2D eigenvalue weighted by Gasteiger charge is -2.08. The molecular weight excluding hydrogens is 375 g/mol. The van der Waals surface area contributed by atoms with Gasteiger partial charge in [0, 0.05) is 15.2 Å². The van der Waals surface area contributed by atoms with Crippen LogP contribution in [0.2, 0.25) is 0 Å². The summed E-state index contributed by atoms with van der Waals surface area (Å²) in [6.07, 6.45) is 0. The van der Waals surface area contributed by atoms with Crippen LogP contribution in [0.25, 0.3) is 0 Å². The van der Waals surface area contributed by atoms with E-state index in [1.54, 1.807) is 18.2 Å². The quantitative estimate of drug-likeness (QED) is 0.368. The first-order chi connectivity index (χ1) is 9.49. The number of nitro benzene ring substituents is 1. The lowest BCUT2D eigenvalue weighted by molar-refractivity contribution is -0.384. The normalized spacial score (nSPS) is 10.1. The van der Waals surface area contributed by atoms with Crippen molar-refractivity contribution in [1.29, 1.82) is 0 Å².